The molecule has 0 atom stereocenters. The molecule has 0 aliphatic carbocycles. The van der Waals surface area contributed by atoms with Crippen LogP contribution in [0.25, 0.3) is 3.58 Å². The molecule has 0 saturated carbocycles. The first-order chi connectivity index (χ1) is 6.06. The van der Waals surface area contributed by atoms with Crippen molar-refractivity contribution in [1.82, 2.24) is 0 Å². The van der Waals surface area contributed by atoms with Crippen molar-refractivity contribution < 1.29 is 31.1 Å². The van der Waals surface area contributed by atoms with Crippen LogP contribution in [0.15, 0.2) is 16.4 Å². The summed E-state index contributed by atoms with van der Waals surface area (Å²) in [6.45, 7) is 11.3. The van der Waals surface area contributed by atoms with E-state index in [-0.39, 0.29) is 31.1 Å². The summed E-state index contributed by atoms with van der Waals surface area (Å²) in [5.41, 5.74) is 1.11. The number of rotatable bonds is 3. The molecule has 0 amide bonds. The molecule has 70 valence electrons. The topological polar surface area (TPSA) is 0 Å². The van der Waals surface area contributed by atoms with Gasteiger partial charge in [-0.05, 0) is 41.6 Å². The summed E-state index contributed by atoms with van der Waals surface area (Å²) in [6.07, 6.45) is 2.87. The van der Waals surface area contributed by atoms with E-state index in [1.807, 2.05) is 13.0 Å². The molecule has 0 N–H and O–H groups in total. The van der Waals surface area contributed by atoms with Crippen molar-refractivity contribution in [3.05, 3.63) is 45.4 Å². The van der Waals surface area contributed by atoms with Gasteiger partial charge in [-0.2, -0.15) is 11.3 Å². The van der Waals surface area contributed by atoms with E-state index >= 15 is 0 Å². The summed E-state index contributed by atoms with van der Waals surface area (Å²) in [5.74, 6) is 1.02. The van der Waals surface area contributed by atoms with Crippen molar-refractivity contribution >= 4 is 53.4 Å². The van der Waals surface area contributed by atoms with Gasteiger partial charge in [0.15, 0.2) is 0 Å². The Morgan fingerprint density at radius 2 is 2.36 bits per heavy atom. The van der Waals surface area contributed by atoms with Crippen LogP contribution in [0.1, 0.15) is 17.4 Å². The van der Waals surface area contributed by atoms with Crippen molar-refractivity contribution in [3.8, 4) is 0 Å². The number of thiophene rings is 1. The summed E-state index contributed by atoms with van der Waals surface area (Å²) in [4.78, 5) is 1.08. The van der Waals surface area contributed by atoms with Crippen LogP contribution in [0.3, 0.4) is 0 Å². The van der Waals surface area contributed by atoms with E-state index in [0.717, 1.165) is 23.7 Å². The second kappa shape index (κ2) is 6.73. The first kappa shape index (κ1) is 15.2. The summed E-state index contributed by atoms with van der Waals surface area (Å²) in [6, 6.07) is 2.04. The minimum atomic E-state index is 0. The van der Waals surface area contributed by atoms with E-state index < -0.39 is 0 Å². The van der Waals surface area contributed by atoms with Gasteiger partial charge >= 0.3 is 31.1 Å². The number of hydrogen-bond acceptors (Lipinski definition) is 1. The molecular formula is C10H7BrISU+. The van der Waals surface area contributed by atoms with E-state index in [4.69, 9.17) is 6.58 Å². The minimum absolute atomic E-state index is 0. The summed E-state index contributed by atoms with van der Waals surface area (Å²) >= 11 is 7.18. The molecule has 1 aromatic rings. The molecule has 0 aromatic carbocycles. The summed E-state index contributed by atoms with van der Waals surface area (Å²) in [5, 5.41) is 0. The van der Waals surface area contributed by atoms with Crippen LogP contribution in [0.4, 0.5) is 0 Å². The van der Waals surface area contributed by atoms with Gasteiger partial charge < -0.3 is 0 Å². The molecule has 0 nitrogen and oxygen atoms in total. The third-order valence-corrected chi connectivity index (χ3v) is 4.16. The van der Waals surface area contributed by atoms with Crippen LogP contribution in [-0.4, -0.2) is 0 Å². The number of halogens is 2. The molecule has 1 aromatic heterocycles. The van der Waals surface area contributed by atoms with Crippen LogP contribution in [-0.2, 0) is 0 Å². The summed E-state index contributed by atoms with van der Waals surface area (Å²) < 4.78 is 1.88. The minimum Gasteiger partial charge on any atom is -0.267 e. The van der Waals surface area contributed by atoms with E-state index in [9.17, 15) is 0 Å². The fourth-order valence-corrected chi connectivity index (χ4v) is 3.04. The molecule has 0 aliphatic rings. The van der Waals surface area contributed by atoms with Gasteiger partial charge in [0.25, 0.3) is 0 Å². The predicted octanol–water partition coefficient (Wildman–Crippen LogP) is 4.65. The van der Waals surface area contributed by atoms with Crippen LogP contribution < -0.4 is 0 Å². The molecule has 0 fully saturated rings. The van der Waals surface area contributed by atoms with Crippen LogP contribution >= 0.6 is 49.9 Å². The van der Waals surface area contributed by atoms with Crippen molar-refractivity contribution in [2.45, 2.75) is 6.92 Å². The van der Waals surface area contributed by atoms with Crippen molar-refractivity contribution in [2.75, 3.05) is 0 Å². The Labute approximate surface area is 135 Å². The molecule has 0 saturated heterocycles. The summed E-state index contributed by atoms with van der Waals surface area (Å²) in [7, 11) is 0. The van der Waals surface area contributed by atoms with Crippen LogP contribution in [0, 0.1) is 49.7 Å². The van der Waals surface area contributed by atoms with Gasteiger partial charge in [0.05, 0.1) is 5.92 Å². The Kier molecular flexibility index (Phi) is 7.32. The third kappa shape index (κ3) is 3.66. The Bertz CT molecular complexity index is 346. The van der Waals surface area contributed by atoms with Gasteiger partial charge in [-0.15, -0.1) is 0 Å². The molecular weight excluding hydrogens is 597 g/mol. The molecule has 1 heterocycles. The molecule has 14 heavy (non-hydrogen) atoms. The van der Waals surface area contributed by atoms with E-state index in [0.29, 0.717) is 0 Å². The van der Waals surface area contributed by atoms with E-state index in [1.165, 1.54) is 0 Å². The number of hydrogen-bond donors (Lipinski definition) is 0. The molecule has 1 rings (SSSR count). The zero-order valence-electron chi connectivity index (χ0n) is 7.53. The van der Waals surface area contributed by atoms with Gasteiger partial charge in [-0.3, -0.25) is 6.58 Å². The molecule has 0 aliphatic heterocycles. The quantitative estimate of drug-likeness (QED) is 0.349. The monoisotopic (exact) mass is 603 g/mol. The van der Waals surface area contributed by atoms with Gasteiger partial charge in [-0.25, -0.2) is 0 Å². The predicted molar refractivity (Wildman–Crippen MR) is 70.6 cm³/mol. The smallest absolute Gasteiger partial charge is 0.267 e. The van der Waals surface area contributed by atoms with Crippen molar-refractivity contribution in [3.63, 3.8) is 0 Å². The molecule has 0 radical (unpaired) electrons. The third-order valence-electron chi connectivity index (χ3n) is 1.59. The first-order valence-electron chi connectivity index (χ1n) is 3.51. The van der Waals surface area contributed by atoms with Crippen molar-refractivity contribution in [2.24, 2.45) is 0 Å². The SMILES string of the molecule is [CH-]=C(I)c1sc(Br)cc1[C-](C)[C+]=C.[U+2]. The average Bonchev–Trinajstić information content (AvgIpc) is 2.46. The van der Waals surface area contributed by atoms with Gasteiger partial charge in [0.1, 0.15) is 0 Å². The largest absolute Gasteiger partial charge is 2.00 e. The van der Waals surface area contributed by atoms with Crippen LogP contribution in [0.2, 0.25) is 0 Å². The fourth-order valence-electron chi connectivity index (χ4n) is 0.912. The fraction of sp³-hybridized carbons (Fsp3) is 0.100. The Hall–Kier alpha value is 1.22. The van der Waals surface area contributed by atoms with E-state index in [1.54, 1.807) is 11.3 Å². The van der Waals surface area contributed by atoms with Crippen molar-refractivity contribution in [1.29, 1.82) is 0 Å². The van der Waals surface area contributed by atoms with Gasteiger partial charge in [0.2, 0.25) is 0 Å². The first-order valence-corrected chi connectivity index (χ1v) is 6.19. The normalized spacial score (nSPS) is 8.79. The zero-order chi connectivity index (χ0) is 10.0. The maximum atomic E-state index is 5.75. The standard InChI is InChI=1S/C10H7BrIS.U/c1-4-6(2)8-5-9(11)13-10(8)7(3)12;/h3,5H,1H2,2H3;/q-1;+2. The average molecular weight is 604 g/mol. The second-order valence-corrected chi connectivity index (χ2v) is 6.04. The molecule has 0 spiro atoms. The maximum absolute atomic E-state index is 5.75. The Morgan fingerprint density at radius 1 is 1.79 bits per heavy atom. The zero-order valence-corrected chi connectivity index (χ0v) is 16.2. The molecule has 0 bridgehead atoms. The number of allylic oxidation sites excluding steroid dienone is 1. The Morgan fingerprint density at radius 3 is 2.79 bits per heavy atom. The maximum Gasteiger partial charge on any atom is 2.00 e. The van der Waals surface area contributed by atoms with Gasteiger partial charge in [0, 0.05) is 14.2 Å². The Balaban J connectivity index is 0.00000169. The van der Waals surface area contributed by atoms with Crippen LogP contribution in [0.5, 0.6) is 0 Å². The van der Waals surface area contributed by atoms with Gasteiger partial charge in [-0.1, -0.05) is 26.2 Å². The molecule has 0 unspecified atom stereocenters. The molecule has 4 heteroatoms. The van der Waals surface area contributed by atoms with E-state index in [2.05, 4.69) is 51.2 Å². The second-order valence-electron chi connectivity index (χ2n) is 2.44.